The van der Waals surface area contributed by atoms with Crippen molar-refractivity contribution in [2.45, 2.75) is 22.2 Å². The molecular weight excluding hydrogens is 378 g/mol. The molecule has 2 atom stereocenters. The smallest absolute Gasteiger partial charge is 0.338 e. The van der Waals surface area contributed by atoms with Gasteiger partial charge in [-0.05, 0) is 36.7 Å². The molecule has 2 aromatic rings. The molecule has 2 aromatic carbocycles. The summed E-state index contributed by atoms with van der Waals surface area (Å²) in [5.41, 5.74) is -0.853. The first kappa shape index (κ1) is 18.8. The number of nitrogens with one attached hydrogen (secondary N) is 1. The molecule has 26 heavy (non-hydrogen) atoms. The highest BCUT2D eigenvalue weighted by Gasteiger charge is 2.52. The van der Waals surface area contributed by atoms with Crippen LogP contribution in [0.4, 0.5) is 0 Å². The zero-order valence-electron chi connectivity index (χ0n) is 13.7. The lowest BCUT2D eigenvalue weighted by Gasteiger charge is -2.36. The molecule has 0 aromatic heterocycles. The Labute approximate surface area is 156 Å². The van der Waals surface area contributed by atoms with Crippen LogP contribution in [0.25, 0.3) is 11.1 Å². The van der Waals surface area contributed by atoms with Gasteiger partial charge in [-0.2, -0.15) is 0 Å². The average molecular weight is 396 g/mol. The molecule has 1 fully saturated rings. The number of hydrogen-bond donors (Lipinski definition) is 3. The second-order valence-corrected chi connectivity index (χ2v) is 8.77. The molecular formula is C18H18ClNO5S. The summed E-state index contributed by atoms with van der Waals surface area (Å²) >= 11 is 6.16. The van der Waals surface area contributed by atoms with Gasteiger partial charge in [0.15, 0.2) is 15.4 Å². The van der Waals surface area contributed by atoms with Crippen molar-refractivity contribution >= 4 is 27.4 Å². The third-order valence-electron chi connectivity index (χ3n) is 4.62. The van der Waals surface area contributed by atoms with Gasteiger partial charge in [-0.15, -0.1) is 0 Å². The van der Waals surface area contributed by atoms with Crippen molar-refractivity contribution < 1.29 is 23.4 Å². The van der Waals surface area contributed by atoms with Gasteiger partial charge in [0, 0.05) is 17.1 Å². The normalized spacial score (nSPS) is 23.5. The van der Waals surface area contributed by atoms with E-state index < -0.39 is 26.7 Å². The molecule has 6 nitrogen and oxygen atoms in total. The van der Waals surface area contributed by atoms with Crippen LogP contribution in [0.15, 0.2) is 53.4 Å². The Bertz CT molecular complexity index is 929. The maximum absolute atomic E-state index is 12.9. The molecule has 0 radical (unpaired) electrons. The predicted octanol–water partition coefficient (Wildman–Crippen LogP) is 1.96. The van der Waals surface area contributed by atoms with E-state index in [4.69, 9.17) is 11.6 Å². The Hall–Kier alpha value is -1.93. The van der Waals surface area contributed by atoms with Crippen LogP contribution < -0.4 is 5.32 Å². The summed E-state index contributed by atoms with van der Waals surface area (Å²) in [5, 5.41) is 21.6. The Kier molecular flexibility index (Phi) is 5.07. The van der Waals surface area contributed by atoms with Crippen LogP contribution in [0.2, 0.25) is 5.02 Å². The third-order valence-corrected chi connectivity index (χ3v) is 7.26. The molecule has 2 unspecified atom stereocenters. The molecule has 8 heteroatoms. The highest BCUT2D eigenvalue weighted by Crippen LogP contribution is 2.32. The number of piperidine rings is 1. The van der Waals surface area contributed by atoms with E-state index in [1.165, 1.54) is 12.1 Å². The Morgan fingerprint density at radius 1 is 1.15 bits per heavy atom. The number of halogens is 1. The molecule has 138 valence electrons. The van der Waals surface area contributed by atoms with Crippen molar-refractivity contribution in [3.8, 4) is 11.1 Å². The quantitative estimate of drug-likeness (QED) is 0.731. The van der Waals surface area contributed by atoms with Crippen LogP contribution >= 0.6 is 11.6 Å². The number of rotatable bonds is 4. The summed E-state index contributed by atoms with van der Waals surface area (Å²) in [6, 6.07) is 13.3. The molecule has 1 heterocycles. The Balaban J connectivity index is 1.97. The zero-order chi connectivity index (χ0) is 18.9. The third kappa shape index (κ3) is 3.23. The molecule has 0 amide bonds. The van der Waals surface area contributed by atoms with Gasteiger partial charge in [0.25, 0.3) is 0 Å². The number of carboxylic acid groups (broad SMARTS) is 1. The fraction of sp³-hybridized carbons (Fsp3) is 0.278. The lowest BCUT2D eigenvalue weighted by molar-refractivity contribution is -0.159. The summed E-state index contributed by atoms with van der Waals surface area (Å²) in [6.45, 7) is 0.00112. The van der Waals surface area contributed by atoms with E-state index in [2.05, 4.69) is 5.32 Å². The molecule has 3 rings (SSSR count). The highest BCUT2D eigenvalue weighted by atomic mass is 35.5. The van der Waals surface area contributed by atoms with Crippen molar-refractivity contribution in [3.05, 3.63) is 53.6 Å². The summed E-state index contributed by atoms with van der Waals surface area (Å²) in [4.78, 5) is 11.4. The molecule has 1 aliphatic heterocycles. The minimum Gasteiger partial charge on any atom is -0.479 e. The Morgan fingerprint density at radius 2 is 1.81 bits per heavy atom. The minimum atomic E-state index is -4.03. The first-order chi connectivity index (χ1) is 12.3. The van der Waals surface area contributed by atoms with E-state index in [9.17, 15) is 23.4 Å². The zero-order valence-corrected chi connectivity index (χ0v) is 15.3. The van der Waals surface area contributed by atoms with Gasteiger partial charge >= 0.3 is 5.97 Å². The van der Waals surface area contributed by atoms with Crippen LogP contribution in [0.1, 0.15) is 6.42 Å². The van der Waals surface area contributed by atoms with E-state index in [0.717, 1.165) is 11.1 Å². The number of carboxylic acids is 1. The minimum absolute atomic E-state index is 0.0113. The van der Waals surface area contributed by atoms with Crippen molar-refractivity contribution in [1.29, 1.82) is 0 Å². The predicted molar refractivity (Wildman–Crippen MR) is 97.9 cm³/mol. The summed E-state index contributed by atoms with van der Waals surface area (Å²) in [7, 11) is -4.03. The van der Waals surface area contributed by atoms with E-state index >= 15 is 0 Å². The number of β-amino-alcohol motifs (C(OH)–C–C–N with tert-alkyl or cyclic N) is 1. The first-order valence-corrected chi connectivity index (χ1v) is 9.94. The van der Waals surface area contributed by atoms with E-state index in [-0.39, 0.29) is 17.9 Å². The van der Waals surface area contributed by atoms with Crippen LogP contribution in [-0.4, -0.2) is 48.5 Å². The topological polar surface area (TPSA) is 104 Å². The van der Waals surface area contributed by atoms with Gasteiger partial charge in [-0.25, -0.2) is 13.2 Å². The van der Waals surface area contributed by atoms with E-state index in [1.807, 2.05) is 12.1 Å². The van der Waals surface area contributed by atoms with Crippen molar-refractivity contribution in [1.82, 2.24) is 5.32 Å². The highest BCUT2D eigenvalue weighted by molar-refractivity contribution is 7.92. The molecule has 1 saturated heterocycles. The van der Waals surface area contributed by atoms with Gasteiger partial charge in [-0.3, -0.25) is 0 Å². The number of aliphatic hydroxyl groups is 1. The maximum Gasteiger partial charge on any atom is 0.338 e. The molecule has 0 saturated carbocycles. The van der Waals surface area contributed by atoms with Gasteiger partial charge in [0.05, 0.1) is 4.90 Å². The molecule has 0 bridgehead atoms. The first-order valence-electron chi connectivity index (χ1n) is 8.02. The van der Waals surface area contributed by atoms with Crippen molar-refractivity contribution in [2.24, 2.45) is 0 Å². The van der Waals surface area contributed by atoms with Gasteiger partial charge in [0.2, 0.25) is 0 Å². The van der Waals surface area contributed by atoms with E-state index in [1.54, 1.807) is 24.3 Å². The van der Waals surface area contributed by atoms with Crippen LogP contribution in [0, 0.1) is 0 Å². The van der Waals surface area contributed by atoms with Crippen molar-refractivity contribution in [2.75, 3.05) is 13.1 Å². The number of aliphatic carboxylic acids is 1. The summed E-state index contributed by atoms with van der Waals surface area (Å²) < 4.78 is 25.9. The molecule has 1 aliphatic rings. The van der Waals surface area contributed by atoms with Crippen LogP contribution in [-0.2, 0) is 14.6 Å². The monoisotopic (exact) mass is 395 g/mol. The molecule has 0 aliphatic carbocycles. The second kappa shape index (κ2) is 7.00. The van der Waals surface area contributed by atoms with Gasteiger partial charge < -0.3 is 15.5 Å². The lowest BCUT2D eigenvalue weighted by Crippen LogP contribution is -2.62. The number of benzene rings is 2. The number of hydrogen-bond acceptors (Lipinski definition) is 5. The van der Waals surface area contributed by atoms with Gasteiger partial charge in [0.1, 0.15) is 5.25 Å². The largest absolute Gasteiger partial charge is 0.479 e. The van der Waals surface area contributed by atoms with Crippen molar-refractivity contribution in [3.63, 3.8) is 0 Å². The maximum atomic E-state index is 12.9. The molecule has 0 spiro atoms. The summed E-state index contributed by atoms with van der Waals surface area (Å²) in [5.74, 6) is -1.55. The standard InChI is InChI=1S/C18H18ClNO5S/c19-15-4-2-1-3-14(15)12-5-7-13(8-6-12)26(24,25)16-9-10-20-11-18(16,23)17(21)22/h1-8,16,20,23H,9-11H2,(H,21,22). The van der Waals surface area contributed by atoms with Crippen LogP contribution in [0.5, 0.6) is 0 Å². The van der Waals surface area contributed by atoms with E-state index in [0.29, 0.717) is 11.6 Å². The number of carbonyl (C=O) groups is 1. The Morgan fingerprint density at radius 3 is 2.42 bits per heavy atom. The fourth-order valence-corrected chi connectivity index (χ4v) is 5.39. The fourth-order valence-electron chi connectivity index (χ4n) is 3.17. The average Bonchev–Trinajstić information content (AvgIpc) is 2.62. The lowest BCUT2D eigenvalue weighted by atomic mass is 9.94. The second-order valence-electron chi connectivity index (χ2n) is 6.23. The van der Waals surface area contributed by atoms with Gasteiger partial charge in [-0.1, -0.05) is 41.9 Å². The summed E-state index contributed by atoms with van der Waals surface area (Å²) in [6.07, 6.45) is 0.0113. The number of sulfone groups is 1. The SMILES string of the molecule is O=C(O)C1(O)CNCCC1S(=O)(=O)c1ccc(-c2ccccc2Cl)cc1. The van der Waals surface area contributed by atoms with Crippen LogP contribution in [0.3, 0.4) is 0 Å². The molecule has 3 N–H and O–H groups in total.